The maximum atomic E-state index is 4.49. The highest BCUT2D eigenvalue weighted by Gasteiger charge is 2.05. The summed E-state index contributed by atoms with van der Waals surface area (Å²) in [5, 5.41) is 2.50. The van der Waals surface area contributed by atoms with Crippen molar-refractivity contribution in [2.75, 3.05) is 0 Å². The van der Waals surface area contributed by atoms with Gasteiger partial charge in [-0.05, 0) is 18.6 Å². The predicted molar refractivity (Wildman–Crippen MR) is 74.2 cm³/mol. The number of aromatic amines is 1. The minimum absolute atomic E-state index is 0.955. The molecule has 0 aliphatic carbocycles. The minimum atomic E-state index is 0.955. The Morgan fingerprint density at radius 1 is 1.06 bits per heavy atom. The van der Waals surface area contributed by atoms with Gasteiger partial charge in [-0.1, -0.05) is 37.3 Å². The van der Waals surface area contributed by atoms with Crippen molar-refractivity contribution in [3.63, 3.8) is 0 Å². The first-order valence-corrected chi connectivity index (χ1v) is 5.92. The molecule has 0 unspecified atom stereocenters. The molecule has 0 radical (unpaired) electrons. The van der Waals surface area contributed by atoms with Crippen LogP contribution in [-0.2, 0) is 0 Å². The Hall–Kier alpha value is -2.09. The number of aromatic nitrogens is 1. The number of nitrogens with zero attached hydrogens (tertiary/aromatic N) is 1. The second-order valence-corrected chi connectivity index (χ2v) is 4.09. The van der Waals surface area contributed by atoms with Crippen molar-refractivity contribution in [2.24, 2.45) is 4.99 Å². The molecule has 2 aromatic carbocycles. The van der Waals surface area contributed by atoms with E-state index in [4.69, 9.17) is 0 Å². The lowest BCUT2D eigenvalue weighted by atomic mass is 10.1. The zero-order valence-electron chi connectivity index (χ0n) is 9.77. The summed E-state index contributed by atoms with van der Waals surface area (Å²) in [5.41, 5.74) is 3.31. The van der Waals surface area contributed by atoms with Crippen LogP contribution in [0.25, 0.3) is 21.8 Å². The molecule has 0 saturated heterocycles. The number of aliphatic imine (C=N–C) groups is 1. The van der Waals surface area contributed by atoms with Gasteiger partial charge < -0.3 is 4.98 Å². The van der Waals surface area contributed by atoms with Gasteiger partial charge in [0.15, 0.2) is 0 Å². The van der Waals surface area contributed by atoms with Crippen molar-refractivity contribution in [3.8, 4) is 0 Å². The van der Waals surface area contributed by atoms with Crippen LogP contribution in [0.3, 0.4) is 0 Å². The third kappa shape index (κ3) is 1.62. The lowest BCUT2D eigenvalue weighted by Gasteiger charge is -1.95. The quantitative estimate of drug-likeness (QED) is 0.621. The number of fused-ring (bicyclic) bond motifs is 3. The van der Waals surface area contributed by atoms with Crippen LogP contribution in [0.15, 0.2) is 47.5 Å². The van der Waals surface area contributed by atoms with Gasteiger partial charge in [0.05, 0.1) is 11.2 Å². The fourth-order valence-corrected chi connectivity index (χ4v) is 2.15. The van der Waals surface area contributed by atoms with Crippen LogP contribution in [0.4, 0.5) is 5.69 Å². The van der Waals surface area contributed by atoms with Gasteiger partial charge in [-0.25, -0.2) is 0 Å². The number of hydrogen-bond donors (Lipinski definition) is 1. The van der Waals surface area contributed by atoms with Gasteiger partial charge in [0.1, 0.15) is 0 Å². The molecule has 1 heterocycles. The van der Waals surface area contributed by atoms with Gasteiger partial charge >= 0.3 is 0 Å². The SMILES string of the molecule is CCC=Nc1cccc2c1[nH]c1ccccc12. The second kappa shape index (κ2) is 4.06. The van der Waals surface area contributed by atoms with Crippen LogP contribution >= 0.6 is 0 Å². The first-order chi connectivity index (χ1) is 8.40. The number of H-pyrrole nitrogens is 1. The van der Waals surface area contributed by atoms with Crippen molar-refractivity contribution in [1.82, 2.24) is 4.98 Å². The molecule has 0 saturated carbocycles. The molecular formula is C15H14N2. The van der Waals surface area contributed by atoms with E-state index in [1.54, 1.807) is 0 Å². The smallest absolute Gasteiger partial charge is 0.0866 e. The van der Waals surface area contributed by atoms with Gasteiger partial charge in [-0.15, -0.1) is 0 Å². The number of nitrogens with one attached hydrogen (secondary N) is 1. The number of hydrogen-bond acceptors (Lipinski definition) is 1. The maximum Gasteiger partial charge on any atom is 0.0866 e. The van der Waals surface area contributed by atoms with Crippen LogP contribution in [0, 0.1) is 0 Å². The fourth-order valence-electron chi connectivity index (χ4n) is 2.15. The van der Waals surface area contributed by atoms with E-state index in [0.29, 0.717) is 0 Å². The van der Waals surface area contributed by atoms with E-state index >= 15 is 0 Å². The molecule has 2 heteroatoms. The van der Waals surface area contributed by atoms with Gasteiger partial charge in [-0.2, -0.15) is 0 Å². The number of para-hydroxylation sites is 2. The molecule has 1 N–H and O–H groups in total. The van der Waals surface area contributed by atoms with E-state index in [0.717, 1.165) is 17.6 Å². The largest absolute Gasteiger partial charge is 0.353 e. The normalized spacial score (nSPS) is 11.8. The van der Waals surface area contributed by atoms with Crippen LogP contribution in [0.2, 0.25) is 0 Å². The lowest BCUT2D eigenvalue weighted by molar-refractivity contribution is 1.31. The zero-order valence-corrected chi connectivity index (χ0v) is 9.77. The number of rotatable bonds is 2. The molecule has 0 aliphatic heterocycles. The van der Waals surface area contributed by atoms with E-state index in [1.165, 1.54) is 16.3 Å². The topological polar surface area (TPSA) is 28.1 Å². The Balaban J connectivity index is 2.35. The lowest BCUT2D eigenvalue weighted by Crippen LogP contribution is -1.72. The van der Waals surface area contributed by atoms with Crippen LogP contribution in [-0.4, -0.2) is 11.2 Å². The second-order valence-electron chi connectivity index (χ2n) is 4.09. The zero-order chi connectivity index (χ0) is 11.7. The Kier molecular flexibility index (Phi) is 2.41. The van der Waals surface area contributed by atoms with Crippen LogP contribution < -0.4 is 0 Å². The molecule has 0 fully saturated rings. The Morgan fingerprint density at radius 2 is 1.88 bits per heavy atom. The maximum absolute atomic E-state index is 4.49. The van der Waals surface area contributed by atoms with E-state index in [9.17, 15) is 0 Å². The first-order valence-electron chi connectivity index (χ1n) is 5.92. The Bertz CT molecular complexity index is 692. The summed E-state index contributed by atoms with van der Waals surface area (Å²) < 4.78 is 0. The molecule has 0 spiro atoms. The number of benzene rings is 2. The molecule has 3 rings (SSSR count). The molecule has 84 valence electrons. The third-order valence-corrected chi connectivity index (χ3v) is 2.93. The van der Waals surface area contributed by atoms with Crippen molar-refractivity contribution >= 4 is 33.7 Å². The fraction of sp³-hybridized carbons (Fsp3) is 0.133. The highest BCUT2D eigenvalue weighted by Crippen LogP contribution is 2.31. The van der Waals surface area contributed by atoms with Gasteiger partial charge in [-0.3, -0.25) is 4.99 Å². The highest BCUT2D eigenvalue weighted by molar-refractivity contribution is 6.10. The molecule has 0 aliphatic rings. The summed E-state index contributed by atoms with van der Waals surface area (Å²) in [6, 6.07) is 14.6. The average molecular weight is 222 g/mol. The summed E-state index contributed by atoms with van der Waals surface area (Å²) in [6.07, 6.45) is 2.90. The summed E-state index contributed by atoms with van der Waals surface area (Å²) >= 11 is 0. The molecular weight excluding hydrogens is 208 g/mol. The van der Waals surface area contributed by atoms with Gasteiger partial charge in [0, 0.05) is 22.5 Å². The molecule has 3 aromatic rings. The van der Waals surface area contributed by atoms with E-state index in [1.807, 2.05) is 18.3 Å². The molecule has 1 aromatic heterocycles. The molecule has 0 bridgehead atoms. The van der Waals surface area contributed by atoms with E-state index < -0.39 is 0 Å². The summed E-state index contributed by atoms with van der Waals surface area (Å²) in [5.74, 6) is 0. The minimum Gasteiger partial charge on any atom is -0.353 e. The molecule has 17 heavy (non-hydrogen) atoms. The van der Waals surface area contributed by atoms with Crippen LogP contribution in [0.1, 0.15) is 13.3 Å². The van der Waals surface area contributed by atoms with E-state index in [2.05, 4.69) is 47.2 Å². The van der Waals surface area contributed by atoms with Crippen molar-refractivity contribution in [1.29, 1.82) is 0 Å². The average Bonchev–Trinajstić information content (AvgIpc) is 2.75. The van der Waals surface area contributed by atoms with Crippen LogP contribution in [0.5, 0.6) is 0 Å². The Labute approximate surface area is 100.0 Å². The summed E-state index contributed by atoms with van der Waals surface area (Å²) in [4.78, 5) is 7.93. The highest BCUT2D eigenvalue weighted by atomic mass is 14.8. The monoisotopic (exact) mass is 222 g/mol. The third-order valence-electron chi connectivity index (χ3n) is 2.93. The van der Waals surface area contributed by atoms with Crippen molar-refractivity contribution in [3.05, 3.63) is 42.5 Å². The molecule has 0 atom stereocenters. The molecule has 2 nitrogen and oxygen atoms in total. The van der Waals surface area contributed by atoms with Crippen molar-refractivity contribution < 1.29 is 0 Å². The Morgan fingerprint density at radius 3 is 2.76 bits per heavy atom. The molecule has 0 amide bonds. The standard InChI is InChI=1S/C15H14N2/c1-2-10-16-14-9-5-7-12-11-6-3-4-8-13(11)17-15(12)14/h3-10,17H,2H2,1H3. The summed E-state index contributed by atoms with van der Waals surface area (Å²) in [7, 11) is 0. The van der Waals surface area contributed by atoms with E-state index in [-0.39, 0.29) is 0 Å². The predicted octanol–water partition coefficient (Wildman–Crippen LogP) is 4.43. The first kappa shape index (κ1) is 10.1. The van der Waals surface area contributed by atoms with Crippen molar-refractivity contribution in [2.45, 2.75) is 13.3 Å². The van der Waals surface area contributed by atoms with Gasteiger partial charge in [0.25, 0.3) is 0 Å². The van der Waals surface area contributed by atoms with Gasteiger partial charge in [0.2, 0.25) is 0 Å². The summed E-state index contributed by atoms with van der Waals surface area (Å²) in [6.45, 7) is 2.09.